The molecular weight excluding hydrogens is 328 g/mol. The highest BCUT2D eigenvalue weighted by Gasteiger charge is 2.21. The van der Waals surface area contributed by atoms with Gasteiger partial charge in [0, 0.05) is 6.54 Å². The maximum Gasteiger partial charge on any atom is 0.243 e. The van der Waals surface area contributed by atoms with Crippen LogP contribution >= 0.6 is 23.6 Å². The number of aromatic amines is 1. The number of H-pyrrole nitrogens is 1. The first-order valence-corrected chi connectivity index (χ1v) is 8.48. The number of hydrogen-bond donors (Lipinski definition) is 2. The molecule has 3 aromatic rings. The van der Waals surface area contributed by atoms with E-state index >= 15 is 0 Å². The summed E-state index contributed by atoms with van der Waals surface area (Å²) in [6.45, 7) is 2.31. The van der Waals surface area contributed by atoms with Gasteiger partial charge in [0.2, 0.25) is 5.91 Å². The Morgan fingerprint density at radius 1 is 1.35 bits per heavy atom. The molecule has 0 bridgehead atoms. The highest BCUT2D eigenvalue weighted by molar-refractivity contribution is 7.71. The SMILES string of the molecule is CC(C(=O)NCc1ccccc1)n1c(-c2cccs2)n[nH]c1=S. The number of amides is 1. The van der Waals surface area contributed by atoms with Crippen LogP contribution in [0.25, 0.3) is 10.7 Å². The number of nitrogens with one attached hydrogen (secondary N) is 2. The second-order valence-corrected chi connectivity index (χ2v) is 6.41. The van der Waals surface area contributed by atoms with E-state index in [4.69, 9.17) is 12.2 Å². The van der Waals surface area contributed by atoms with Gasteiger partial charge in [-0.2, -0.15) is 5.10 Å². The van der Waals surface area contributed by atoms with E-state index < -0.39 is 6.04 Å². The number of nitrogens with zero attached hydrogens (tertiary/aromatic N) is 2. The Balaban J connectivity index is 1.78. The molecular formula is C16H16N4OS2. The first kappa shape index (κ1) is 15.6. The van der Waals surface area contributed by atoms with E-state index in [0.717, 1.165) is 10.4 Å². The molecule has 2 aromatic heterocycles. The molecule has 118 valence electrons. The molecule has 3 rings (SSSR count). The Hall–Kier alpha value is -2.25. The molecule has 1 atom stereocenters. The minimum absolute atomic E-state index is 0.0934. The minimum Gasteiger partial charge on any atom is -0.350 e. The van der Waals surface area contributed by atoms with Crippen molar-refractivity contribution in [1.29, 1.82) is 0 Å². The summed E-state index contributed by atoms with van der Waals surface area (Å²) in [6.07, 6.45) is 0. The molecule has 1 unspecified atom stereocenters. The van der Waals surface area contributed by atoms with Gasteiger partial charge in [0.15, 0.2) is 10.6 Å². The van der Waals surface area contributed by atoms with Crippen molar-refractivity contribution in [3.8, 4) is 10.7 Å². The summed E-state index contributed by atoms with van der Waals surface area (Å²) >= 11 is 6.85. The summed E-state index contributed by atoms with van der Waals surface area (Å²) in [6, 6.07) is 13.3. The van der Waals surface area contributed by atoms with Crippen LogP contribution in [0.4, 0.5) is 0 Å². The van der Waals surface area contributed by atoms with Crippen LogP contribution in [0, 0.1) is 4.77 Å². The van der Waals surface area contributed by atoms with Gasteiger partial charge in [0.05, 0.1) is 4.88 Å². The number of thiophene rings is 1. The van der Waals surface area contributed by atoms with E-state index in [2.05, 4.69) is 15.5 Å². The van der Waals surface area contributed by atoms with Crippen molar-refractivity contribution >= 4 is 29.5 Å². The molecule has 0 saturated carbocycles. The van der Waals surface area contributed by atoms with Crippen molar-refractivity contribution in [3.05, 3.63) is 58.2 Å². The Labute approximate surface area is 143 Å². The van der Waals surface area contributed by atoms with Crippen LogP contribution in [0.15, 0.2) is 47.8 Å². The molecule has 1 amide bonds. The van der Waals surface area contributed by atoms with Gasteiger partial charge in [-0.3, -0.25) is 14.5 Å². The smallest absolute Gasteiger partial charge is 0.243 e. The summed E-state index contributed by atoms with van der Waals surface area (Å²) in [5.41, 5.74) is 1.06. The van der Waals surface area contributed by atoms with Crippen LogP contribution in [0.1, 0.15) is 18.5 Å². The quantitative estimate of drug-likeness (QED) is 0.696. The Morgan fingerprint density at radius 2 is 2.13 bits per heavy atom. The zero-order valence-corrected chi connectivity index (χ0v) is 14.2. The zero-order valence-electron chi connectivity index (χ0n) is 12.5. The molecule has 0 aliphatic rings. The highest BCUT2D eigenvalue weighted by atomic mass is 32.1. The van der Waals surface area contributed by atoms with E-state index in [1.807, 2.05) is 54.8 Å². The molecule has 0 fully saturated rings. The Bertz CT molecular complexity index is 837. The summed E-state index contributed by atoms with van der Waals surface area (Å²) in [5.74, 6) is 0.594. The minimum atomic E-state index is -0.443. The normalized spacial score (nSPS) is 12.0. The molecule has 1 aromatic carbocycles. The molecule has 7 heteroatoms. The molecule has 0 saturated heterocycles. The number of benzene rings is 1. The van der Waals surface area contributed by atoms with Crippen molar-refractivity contribution < 1.29 is 4.79 Å². The van der Waals surface area contributed by atoms with Crippen molar-refractivity contribution in [1.82, 2.24) is 20.1 Å². The van der Waals surface area contributed by atoms with Gasteiger partial charge in [-0.15, -0.1) is 11.3 Å². The Morgan fingerprint density at radius 3 is 2.83 bits per heavy atom. The van der Waals surface area contributed by atoms with Crippen LogP contribution in [0.2, 0.25) is 0 Å². The number of carbonyl (C=O) groups excluding carboxylic acids is 1. The van der Waals surface area contributed by atoms with Crippen molar-refractivity contribution in [2.45, 2.75) is 19.5 Å². The van der Waals surface area contributed by atoms with Crippen molar-refractivity contribution in [2.75, 3.05) is 0 Å². The predicted octanol–water partition coefficient (Wildman–Crippen LogP) is 3.55. The van der Waals surface area contributed by atoms with E-state index in [-0.39, 0.29) is 5.91 Å². The van der Waals surface area contributed by atoms with Crippen molar-refractivity contribution in [3.63, 3.8) is 0 Å². The third-order valence-corrected chi connectivity index (χ3v) is 4.68. The molecule has 23 heavy (non-hydrogen) atoms. The lowest BCUT2D eigenvalue weighted by molar-refractivity contribution is -0.124. The average Bonchev–Trinajstić information content (AvgIpc) is 3.22. The lowest BCUT2D eigenvalue weighted by Crippen LogP contribution is -2.31. The van der Waals surface area contributed by atoms with Gasteiger partial charge in [-0.1, -0.05) is 36.4 Å². The Kier molecular flexibility index (Phi) is 4.68. The molecule has 0 radical (unpaired) electrons. The predicted molar refractivity (Wildman–Crippen MR) is 93.7 cm³/mol. The highest BCUT2D eigenvalue weighted by Crippen LogP contribution is 2.25. The van der Waals surface area contributed by atoms with Gasteiger partial charge in [-0.25, -0.2) is 0 Å². The van der Waals surface area contributed by atoms with Gasteiger partial charge in [-0.05, 0) is 36.2 Å². The number of rotatable bonds is 5. The molecule has 5 nitrogen and oxygen atoms in total. The maximum absolute atomic E-state index is 12.5. The topological polar surface area (TPSA) is 62.7 Å². The number of carbonyl (C=O) groups is 1. The third kappa shape index (κ3) is 3.40. The summed E-state index contributed by atoms with van der Waals surface area (Å²) < 4.78 is 2.19. The number of hydrogen-bond acceptors (Lipinski definition) is 4. The first-order valence-electron chi connectivity index (χ1n) is 7.19. The second-order valence-electron chi connectivity index (χ2n) is 5.08. The molecule has 0 spiro atoms. The van der Waals surface area contributed by atoms with Crippen LogP contribution in [-0.4, -0.2) is 20.7 Å². The van der Waals surface area contributed by atoms with Gasteiger partial charge < -0.3 is 5.32 Å². The monoisotopic (exact) mass is 344 g/mol. The van der Waals surface area contributed by atoms with Crippen LogP contribution in [0.3, 0.4) is 0 Å². The van der Waals surface area contributed by atoms with Gasteiger partial charge >= 0.3 is 0 Å². The number of aromatic nitrogens is 3. The maximum atomic E-state index is 12.5. The third-order valence-electron chi connectivity index (χ3n) is 3.52. The summed E-state index contributed by atoms with van der Waals surface area (Å²) in [5, 5.41) is 11.9. The fraction of sp³-hybridized carbons (Fsp3) is 0.188. The second kappa shape index (κ2) is 6.89. The molecule has 2 heterocycles. The molecule has 0 aliphatic heterocycles. The first-order chi connectivity index (χ1) is 11.2. The lowest BCUT2D eigenvalue weighted by Gasteiger charge is -2.15. The summed E-state index contributed by atoms with van der Waals surface area (Å²) in [7, 11) is 0. The fourth-order valence-corrected chi connectivity index (χ4v) is 3.29. The van der Waals surface area contributed by atoms with Crippen LogP contribution in [0.5, 0.6) is 0 Å². The van der Waals surface area contributed by atoms with Gasteiger partial charge in [0.25, 0.3) is 0 Å². The van der Waals surface area contributed by atoms with Crippen LogP contribution < -0.4 is 5.32 Å². The largest absolute Gasteiger partial charge is 0.350 e. The standard InChI is InChI=1S/C16H16N4OS2/c1-11(15(21)17-10-12-6-3-2-4-7-12)20-14(18-19-16(20)22)13-8-5-9-23-13/h2-9,11H,10H2,1H3,(H,17,21)(H,19,22). The summed E-state index contributed by atoms with van der Waals surface area (Å²) in [4.78, 5) is 13.4. The van der Waals surface area contributed by atoms with Crippen molar-refractivity contribution in [2.24, 2.45) is 0 Å². The molecule has 2 N–H and O–H groups in total. The fourth-order valence-electron chi connectivity index (χ4n) is 2.29. The average molecular weight is 344 g/mol. The molecule has 0 aliphatic carbocycles. The van der Waals surface area contributed by atoms with E-state index in [1.54, 1.807) is 15.9 Å². The lowest BCUT2D eigenvalue weighted by atomic mass is 10.2. The van der Waals surface area contributed by atoms with Crippen LogP contribution in [-0.2, 0) is 11.3 Å². The van der Waals surface area contributed by atoms with E-state index in [9.17, 15) is 4.79 Å². The van der Waals surface area contributed by atoms with E-state index in [0.29, 0.717) is 17.1 Å². The van der Waals surface area contributed by atoms with E-state index in [1.165, 1.54) is 0 Å². The van der Waals surface area contributed by atoms with Gasteiger partial charge in [0.1, 0.15) is 6.04 Å². The zero-order chi connectivity index (χ0) is 16.2.